The van der Waals surface area contributed by atoms with Crippen molar-refractivity contribution in [2.45, 2.75) is 13.5 Å². The number of aryl methyl sites for hydroxylation is 1. The molecule has 3 rings (SSSR count). The van der Waals surface area contributed by atoms with Gasteiger partial charge in [-0.3, -0.25) is 14.5 Å². The van der Waals surface area contributed by atoms with Gasteiger partial charge in [0.1, 0.15) is 12.3 Å². The van der Waals surface area contributed by atoms with Crippen molar-refractivity contribution in [3.05, 3.63) is 47.2 Å². The first-order valence-corrected chi connectivity index (χ1v) is 5.74. The zero-order valence-corrected chi connectivity index (χ0v) is 10.2. The quantitative estimate of drug-likeness (QED) is 0.648. The number of amides is 2. The molecule has 0 atom stereocenters. The van der Waals surface area contributed by atoms with Gasteiger partial charge in [0.05, 0.1) is 17.3 Å². The normalized spacial score (nSPS) is 14.1. The Balaban J connectivity index is 1.97. The van der Waals surface area contributed by atoms with E-state index in [-0.39, 0.29) is 18.0 Å². The van der Waals surface area contributed by atoms with Crippen LogP contribution in [-0.4, -0.2) is 21.7 Å². The SMILES string of the molecule is Cc1cnc(CN2C(=O)c3cccc(N)c3C2=O)o1. The Hall–Kier alpha value is -2.63. The van der Waals surface area contributed by atoms with Crippen molar-refractivity contribution in [1.29, 1.82) is 0 Å². The summed E-state index contributed by atoms with van der Waals surface area (Å²) in [6, 6.07) is 4.84. The van der Waals surface area contributed by atoms with E-state index in [2.05, 4.69) is 4.98 Å². The molecule has 2 N–H and O–H groups in total. The second-order valence-corrected chi connectivity index (χ2v) is 4.33. The van der Waals surface area contributed by atoms with E-state index in [9.17, 15) is 9.59 Å². The third-order valence-electron chi connectivity index (χ3n) is 2.99. The molecule has 19 heavy (non-hydrogen) atoms. The molecule has 0 radical (unpaired) electrons. The highest BCUT2D eigenvalue weighted by Gasteiger charge is 2.37. The van der Waals surface area contributed by atoms with E-state index in [1.54, 1.807) is 31.3 Å². The van der Waals surface area contributed by atoms with Gasteiger partial charge in [0, 0.05) is 5.69 Å². The molecule has 2 aromatic rings. The maximum atomic E-state index is 12.2. The largest absolute Gasteiger partial charge is 0.444 e. The van der Waals surface area contributed by atoms with E-state index in [0.717, 1.165) is 4.90 Å². The number of rotatable bonds is 2. The molecule has 6 heteroatoms. The number of aromatic nitrogens is 1. The van der Waals surface area contributed by atoms with E-state index in [4.69, 9.17) is 10.2 Å². The van der Waals surface area contributed by atoms with Crippen molar-refractivity contribution in [2.24, 2.45) is 0 Å². The Morgan fingerprint density at radius 2 is 2.11 bits per heavy atom. The van der Waals surface area contributed by atoms with Crippen molar-refractivity contribution < 1.29 is 14.0 Å². The molecule has 0 spiro atoms. The standard InChI is InChI=1S/C13H11N3O3/c1-7-5-15-10(19-7)6-16-12(17)8-3-2-4-9(14)11(8)13(16)18/h2-5H,6,14H2,1H3. The van der Waals surface area contributed by atoms with Crippen molar-refractivity contribution >= 4 is 17.5 Å². The van der Waals surface area contributed by atoms with Gasteiger partial charge < -0.3 is 10.2 Å². The second kappa shape index (κ2) is 3.94. The molecule has 2 heterocycles. The number of nitrogens with two attached hydrogens (primary N) is 1. The average molecular weight is 257 g/mol. The summed E-state index contributed by atoms with van der Waals surface area (Å²) < 4.78 is 5.28. The minimum Gasteiger partial charge on any atom is -0.444 e. The molecule has 0 aliphatic carbocycles. The zero-order chi connectivity index (χ0) is 13.6. The Bertz CT molecular complexity index is 690. The highest BCUT2D eigenvalue weighted by atomic mass is 16.4. The maximum absolute atomic E-state index is 12.2. The summed E-state index contributed by atoms with van der Waals surface area (Å²) in [6.07, 6.45) is 1.54. The first kappa shape index (κ1) is 11.5. The van der Waals surface area contributed by atoms with Crippen LogP contribution >= 0.6 is 0 Å². The van der Waals surface area contributed by atoms with Crippen molar-refractivity contribution in [2.75, 3.05) is 5.73 Å². The molecule has 1 aromatic heterocycles. The molecule has 1 aliphatic heterocycles. The van der Waals surface area contributed by atoms with Gasteiger partial charge in [-0.15, -0.1) is 0 Å². The van der Waals surface area contributed by atoms with Gasteiger partial charge in [0.15, 0.2) is 0 Å². The van der Waals surface area contributed by atoms with Crippen LogP contribution in [0.15, 0.2) is 28.8 Å². The monoisotopic (exact) mass is 257 g/mol. The number of nitrogens with zero attached hydrogens (tertiary/aromatic N) is 2. The third kappa shape index (κ3) is 1.69. The zero-order valence-electron chi connectivity index (χ0n) is 10.2. The number of carbonyl (C=O) groups excluding carboxylic acids is 2. The minimum absolute atomic E-state index is 0.0135. The number of oxazole rings is 1. The number of hydrogen-bond donors (Lipinski definition) is 1. The molecular formula is C13H11N3O3. The summed E-state index contributed by atoms with van der Waals surface area (Å²) in [6.45, 7) is 1.76. The molecule has 96 valence electrons. The number of carbonyl (C=O) groups is 2. The number of imide groups is 1. The predicted octanol–water partition coefficient (Wildman–Crippen LogP) is 1.36. The Kier molecular flexibility index (Phi) is 2.38. The molecule has 2 amide bonds. The van der Waals surface area contributed by atoms with Crippen LogP contribution in [0, 0.1) is 6.92 Å². The molecule has 1 aromatic carbocycles. The van der Waals surface area contributed by atoms with Gasteiger partial charge in [-0.1, -0.05) is 6.07 Å². The predicted molar refractivity (Wildman–Crippen MR) is 66.3 cm³/mol. The Labute approximate surface area is 108 Å². The first-order valence-electron chi connectivity index (χ1n) is 5.74. The number of hydrogen-bond acceptors (Lipinski definition) is 5. The lowest BCUT2D eigenvalue weighted by molar-refractivity contribution is 0.0628. The Morgan fingerprint density at radius 1 is 1.32 bits per heavy atom. The van der Waals surface area contributed by atoms with Crippen LogP contribution in [0.2, 0.25) is 0 Å². The van der Waals surface area contributed by atoms with Gasteiger partial charge in [0.25, 0.3) is 11.8 Å². The summed E-state index contributed by atoms with van der Waals surface area (Å²) in [4.78, 5) is 29.4. The molecule has 1 aliphatic rings. The topological polar surface area (TPSA) is 89.4 Å². The smallest absolute Gasteiger partial charge is 0.264 e. The second-order valence-electron chi connectivity index (χ2n) is 4.33. The van der Waals surface area contributed by atoms with E-state index < -0.39 is 5.91 Å². The Morgan fingerprint density at radius 3 is 2.74 bits per heavy atom. The molecule has 6 nitrogen and oxygen atoms in total. The molecule has 0 bridgehead atoms. The summed E-state index contributed by atoms with van der Waals surface area (Å²) >= 11 is 0. The average Bonchev–Trinajstić information content (AvgIpc) is 2.88. The third-order valence-corrected chi connectivity index (χ3v) is 2.99. The lowest BCUT2D eigenvalue weighted by Crippen LogP contribution is -2.29. The van der Waals surface area contributed by atoms with E-state index in [0.29, 0.717) is 22.9 Å². The van der Waals surface area contributed by atoms with E-state index in [1.807, 2.05) is 0 Å². The van der Waals surface area contributed by atoms with E-state index >= 15 is 0 Å². The molecule has 0 unspecified atom stereocenters. The summed E-state index contributed by atoms with van der Waals surface area (Å²) in [5.74, 6) is 0.175. The summed E-state index contributed by atoms with van der Waals surface area (Å²) in [5, 5.41) is 0. The van der Waals surface area contributed by atoms with Crippen molar-refractivity contribution in [1.82, 2.24) is 9.88 Å². The molecule has 0 fully saturated rings. The molecular weight excluding hydrogens is 246 g/mol. The number of fused-ring (bicyclic) bond motifs is 1. The van der Waals surface area contributed by atoms with Crippen LogP contribution in [-0.2, 0) is 6.54 Å². The summed E-state index contributed by atoms with van der Waals surface area (Å²) in [7, 11) is 0. The van der Waals surface area contributed by atoms with Crippen LogP contribution in [0.4, 0.5) is 5.69 Å². The number of nitrogen functional groups attached to an aromatic ring is 1. The number of benzene rings is 1. The van der Waals surface area contributed by atoms with Gasteiger partial charge >= 0.3 is 0 Å². The first-order chi connectivity index (χ1) is 9.08. The highest BCUT2D eigenvalue weighted by molar-refractivity contribution is 6.23. The van der Waals surface area contributed by atoms with Gasteiger partial charge in [-0.05, 0) is 19.1 Å². The summed E-state index contributed by atoms with van der Waals surface area (Å²) in [5.41, 5.74) is 6.64. The fraction of sp³-hybridized carbons (Fsp3) is 0.154. The van der Waals surface area contributed by atoms with E-state index in [1.165, 1.54) is 0 Å². The van der Waals surface area contributed by atoms with Gasteiger partial charge in [0.2, 0.25) is 5.89 Å². The fourth-order valence-corrected chi connectivity index (χ4v) is 2.11. The molecule has 0 saturated carbocycles. The lowest BCUT2D eigenvalue weighted by atomic mass is 10.1. The molecule has 0 saturated heterocycles. The van der Waals surface area contributed by atoms with Crippen LogP contribution in [0.25, 0.3) is 0 Å². The highest BCUT2D eigenvalue weighted by Crippen LogP contribution is 2.28. The van der Waals surface area contributed by atoms with Crippen LogP contribution in [0.3, 0.4) is 0 Å². The number of anilines is 1. The van der Waals surface area contributed by atoms with Crippen molar-refractivity contribution in [3.8, 4) is 0 Å². The minimum atomic E-state index is -0.408. The van der Waals surface area contributed by atoms with Gasteiger partial charge in [-0.2, -0.15) is 0 Å². The van der Waals surface area contributed by atoms with Crippen LogP contribution in [0.1, 0.15) is 32.4 Å². The maximum Gasteiger partial charge on any atom is 0.264 e. The van der Waals surface area contributed by atoms with Gasteiger partial charge in [-0.25, -0.2) is 4.98 Å². The van der Waals surface area contributed by atoms with Crippen LogP contribution < -0.4 is 5.73 Å². The fourth-order valence-electron chi connectivity index (χ4n) is 2.11. The lowest BCUT2D eigenvalue weighted by Gasteiger charge is -2.10. The van der Waals surface area contributed by atoms with Crippen molar-refractivity contribution in [3.63, 3.8) is 0 Å². The van der Waals surface area contributed by atoms with Crippen LogP contribution in [0.5, 0.6) is 0 Å².